The zero-order valence-electron chi connectivity index (χ0n) is 9.86. The molecule has 0 fully saturated rings. The van der Waals surface area contributed by atoms with Crippen molar-refractivity contribution in [3.63, 3.8) is 0 Å². The highest BCUT2D eigenvalue weighted by atomic mass is 16.4. The number of benzene rings is 1. The summed E-state index contributed by atoms with van der Waals surface area (Å²) in [6, 6.07) is 6.17. The molecular weight excluding hydrogens is 200 g/mol. The van der Waals surface area contributed by atoms with E-state index < -0.39 is 11.9 Å². The van der Waals surface area contributed by atoms with Gasteiger partial charge in [0.25, 0.3) is 0 Å². The Kier molecular flexibility index (Phi) is 2.99. The van der Waals surface area contributed by atoms with Crippen molar-refractivity contribution in [3.8, 4) is 0 Å². The number of aliphatic carboxylic acids is 1. The lowest BCUT2D eigenvalue weighted by Crippen LogP contribution is -2.11. The molecule has 0 radical (unpaired) electrons. The smallest absolute Gasteiger partial charge is 0.310 e. The van der Waals surface area contributed by atoms with Gasteiger partial charge in [-0.2, -0.15) is 0 Å². The fourth-order valence-corrected chi connectivity index (χ4v) is 2.47. The highest BCUT2D eigenvalue weighted by Gasteiger charge is 2.20. The van der Waals surface area contributed by atoms with Crippen molar-refractivity contribution in [2.24, 2.45) is 0 Å². The van der Waals surface area contributed by atoms with Crippen LogP contribution in [0.4, 0.5) is 0 Å². The van der Waals surface area contributed by atoms with Crippen LogP contribution in [-0.2, 0) is 11.2 Å². The van der Waals surface area contributed by atoms with Gasteiger partial charge in [-0.3, -0.25) is 4.79 Å². The predicted molar refractivity (Wildman–Crippen MR) is 63.8 cm³/mol. The van der Waals surface area contributed by atoms with Crippen molar-refractivity contribution in [1.82, 2.24) is 0 Å². The van der Waals surface area contributed by atoms with Gasteiger partial charge in [0.2, 0.25) is 0 Å². The number of aryl methyl sites for hydroxylation is 1. The number of hydrogen-bond acceptors (Lipinski definition) is 1. The SMILES string of the molecule is CC1CCCc2ccc(C(C)C(=O)O)cc21. The van der Waals surface area contributed by atoms with Crippen LogP contribution in [-0.4, -0.2) is 11.1 Å². The van der Waals surface area contributed by atoms with Crippen LogP contribution in [0.2, 0.25) is 0 Å². The minimum atomic E-state index is -0.747. The van der Waals surface area contributed by atoms with Crippen LogP contribution < -0.4 is 0 Å². The van der Waals surface area contributed by atoms with E-state index in [1.165, 1.54) is 24.0 Å². The highest BCUT2D eigenvalue weighted by molar-refractivity contribution is 5.75. The summed E-state index contributed by atoms with van der Waals surface area (Å²) in [5.41, 5.74) is 3.69. The van der Waals surface area contributed by atoms with Gasteiger partial charge in [0.05, 0.1) is 5.92 Å². The van der Waals surface area contributed by atoms with Crippen molar-refractivity contribution >= 4 is 5.97 Å². The summed E-state index contributed by atoms with van der Waals surface area (Å²) in [4.78, 5) is 10.9. The van der Waals surface area contributed by atoms with Gasteiger partial charge in [-0.15, -0.1) is 0 Å². The van der Waals surface area contributed by atoms with Gasteiger partial charge in [0.15, 0.2) is 0 Å². The molecule has 2 rings (SSSR count). The fraction of sp³-hybridized carbons (Fsp3) is 0.500. The first-order valence-corrected chi connectivity index (χ1v) is 5.95. The molecule has 86 valence electrons. The number of rotatable bonds is 2. The van der Waals surface area contributed by atoms with Gasteiger partial charge in [0.1, 0.15) is 0 Å². The van der Waals surface area contributed by atoms with Crippen LogP contribution in [0.15, 0.2) is 18.2 Å². The fourth-order valence-electron chi connectivity index (χ4n) is 2.47. The zero-order chi connectivity index (χ0) is 11.7. The Morgan fingerprint density at radius 2 is 2.25 bits per heavy atom. The molecule has 0 saturated heterocycles. The van der Waals surface area contributed by atoms with E-state index in [0.717, 1.165) is 12.0 Å². The number of fused-ring (bicyclic) bond motifs is 1. The van der Waals surface area contributed by atoms with E-state index in [1.54, 1.807) is 6.92 Å². The summed E-state index contributed by atoms with van der Waals surface area (Å²) in [5.74, 6) is -0.576. The molecule has 0 aliphatic heterocycles. The van der Waals surface area contributed by atoms with Crippen LogP contribution in [0.5, 0.6) is 0 Å². The van der Waals surface area contributed by atoms with E-state index in [9.17, 15) is 4.79 Å². The second kappa shape index (κ2) is 4.28. The Labute approximate surface area is 96.3 Å². The van der Waals surface area contributed by atoms with Crippen LogP contribution in [0.3, 0.4) is 0 Å². The molecule has 2 heteroatoms. The Balaban J connectivity index is 2.37. The van der Waals surface area contributed by atoms with Gasteiger partial charge in [-0.05, 0) is 48.8 Å². The van der Waals surface area contributed by atoms with Crippen molar-refractivity contribution in [1.29, 1.82) is 0 Å². The maximum Gasteiger partial charge on any atom is 0.310 e. The zero-order valence-corrected chi connectivity index (χ0v) is 9.86. The summed E-state index contributed by atoms with van der Waals surface area (Å²) < 4.78 is 0. The molecule has 2 unspecified atom stereocenters. The number of carboxylic acid groups (broad SMARTS) is 1. The molecule has 0 spiro atoms. The van der Waals surface area contributed by atoms with E-state index in [4.69, 9.17) is 5.11 Å². The van der Waals surface area contributed by atoms with E-state index in [0.29, 0.717) is 5.92 Å². The lowest BCUT2D eigenvalue weighted by molar-refractivity contribution is -0.138. The quantitative estimate of drug-likeness (QED) is 0.826. The molecule has 0 amide bonds. The largest absolute Gasteiger partial charge is 0.481 e. The molecule has 2 nitrogen and oxygen atoms in total. The summed E-state index contributed by atoms with van der Waals surface area (Å²) >= 11 is 0. The molecule has 1 aliphatic carbocycles. The normalized spacial score (nSPS) is 21.2. The molecule has 1 aromatic carbocycles. The topological polar surface area (TPSA) is 37.3 Å². The van der Waals surface area contributed by atoms with E-state index in [1.807, 2.05) is 6.07 Å². The standard InChI is InChI=1S/C14H18O2/c1-9-4-3-5-11-6-7-12(8-13(9)11)10(2)14(15)16/h6-10H,3-5H2,1-2H3,(H,15,16). The first-order chi connectivity index (χ1) is 7.59. The van der Waals surface area contributed by atoms with E-state index in [2.05, 4.69) is 19.1 Å². The van der Waals surface area contributed by atoms with Gasteiger partial charge in [0, 0.05) is 0 Å². The molecule has 1 aromatic rings. The summed E-state index contributed by atoms with van der Waals surface area (Å²) in [6.45, 7) is 3.98. The molecule has 0 bridgehead atoms. The molecule has 0 aromatic heterocycles. The van der Waals surface area contributed by atoms with Crippen molar-refractivity contribution in [3.05, 3.63) is 34.9 Å². The van der Waals surface area contributed by atoms with Crippen molar-refractivity contribution in [2.45, 2.75) is 44.9 Å². The Bertz CT molecular complexity index is 409. The lowest BCUT2D eigenvalue weighted by atomic mass is 9.82. The van der Waals surface area contributed by atoms with Crippen LogP contribution in [0.25, 0.3) is 0 Å². The van der Waals surface area contributed by atoms with Gasteiger partial charge >= 0.3 is 5.97 Å². The first-order valence-electron chi connectivity index (χ1n) is 5.95. The Morgan fingerprint density at radius 1 is 1.50 bits per heavy atom. The number of carboxylic acids is 1. The van der Waals surface area contributed by atoms with Crippen LogP contribution >= 0.6 is 0 Å². The van der Waals surface area contributed by atoms with Gasteiger partial charge in [-0.1, -0.05) is 25.1 Å². The second-order valence-electron chi connectivity index (χ2n) is 4.81. The second-order valence-corrected chi connectivity index (χ2v) is 4.81. The number of carbonyl (C=O) groups is 1. The maximum atomic E-state index is 10.9. The van der Waals surface area contributed by atoms with Gasteiger partial charge < -0.3 is 5.11 Å². The monoisotopic (exact) mass is 218 g/mol. The number of hydrogen-bond donors (Lipinski definition) is 1. The lowest BCUT2D eigenvalue weighted by Gasteiger charge is -2.23. The van der Waals surface area contributed by atoms with Crippen LogP contribution in [0, 0.1) is 0 Å². The average molecular weight is 218 g/mol. The van der Waals surface area contributed by atoms with E-state index >= 15 is 0 Å². The average Bonchev–Trinajstić information content (AvgIpc) is 2.28. The summed E-state index contributed by atoms with van der Waals surface area (Å²) in [5, 5.41) is 9.01. The van der Waals surface area contributed by atoms with Crippen LogP contribution in [0.1, 0.15) is 55.2 Å². The Morgan fingerprint density at radius 3 is 2.94 bits per heavy atom. The highest BCUT2D eigenvalue weighted by Crippen LogP contribution is 2.33. The van der Waals surface area contributed by atoms with E-state index in [-0.39, 0.29) is 0 Å². The Hall–Kier alpha value is -1.31. The molecule has 0 heterocycles. The maximum absolute atomic E-state index is 10.9. The first kappa shape index (κ1) is 11.2. The molecule has 1 aliphatic rings. The molecule has 2 atom stereocenters. The third-order valence-electron chi connectivity index (χ3n) is 3.65. The van der Waals surface area contributed by atoms with Crippen molar-refractivity contribution in [2.75, 3.05) is 0 Å². The summed E-state index contributed by atoms with van der Waals surface area (Å²) in [6.07, 6.45) is 3.61. The third-order valence-corrected chi connectivity index (χ3v) is 3.65. The molecule has 0 saturated carbocycles. The third kappa shape index (κ3) is 1.97. The van der Waals surface area contributed by atoms with Gasteiger partial charge in [-0.25, -0.2) is 0 Å². The summed E-state index contributed by atoms with van der Waals surface area (Å²) in [7, 11) is 0. The predicted octanol–water partition coefficient (Wildman–Crippen LogP) is 3.31. The van der Waals surface area contributed by atoms with Crippen molar-refractivity contribution < 1.29 is 9.90 Å². The molecule has 16 heavy (non-hydrogen) atoms. The molecule has 1 N–H and O–H groups in total. The minimum Gasteiger partial charge on any atom is -0.481 e. The minimum absolute atomic E-state index is 0.403. The molecular formula is C14H18O2.